The average molecular weight is 332 g/mol. The zero-order valence-electron chi connectivity index (χ0n) is 11.5. The van der Waals surface area contributed by atoms with E-state index in [1.54, 1.807) is 6.26 Å². The number of hydrogen-bond donors (Lipinski definition) is 0. The fourth-order valence-electron chi connectivity index (χ4n) is 1.91. The number of morpholine rings is 1. The molecule has 1 amide bonds. The summed E-state index contributed by atoms with van der Waals surface area (Å²) in [5.41, 5.74) is 0.0758. The highest BCUT2D eigenvalue weighted by Gasteiger charge is 2.35. The molecule has 1 unspecified atom stereocenters. The van der Waals surface area contributed by atoms with Crippen molar-refractivity contribution in [3.05, 3.63) is 16.9 Å². The third kappa shape index (κ3) is 3.45. The smallest absolute Gasteiger partial charge is 0.331 e. The Morgan fingerprint density at radius 1 is 1.57 bits per heavy atom. The van der Waals surface area contributed by atoms with Gasteiger partial charge in [0.25, 0.3) is 5.91 Å². The van der Waals surface area contributed by atoms with Crippen molar-refractivity contribution in [1.29, 1.82) is 0 Å². The molecule has 2 heterocycles. The first-order valence-electron chi connectivity index (χ1n) is 6.11. The van der Waals surface area contributed by atoms with E-state index < -0.39 is 17.9 Å². The molecule has 0 bridgehead atoms. The predicted octanol–water partition coefficient (Wildman–Crippen LogP) is 0.866. The molecule has 1 aliphatic heterocycles. The van der Waals surface area contributed by atoms with Crippen LogP contribution in [0.3, 0.4) is 0 Å². The van der Waals surface area contributed by atoms with Gasteiger partial charge in [0.15, 0.2) is 16.9 Å². The van der Waals surface area contributed by atoms with Crippen molar-refractivity contribution >= 4 is 35.2 Å². The summed E-state index contributed by atoms with van der Waals surface area (Å²) in [4.78, 5) is 33.8. The van der Waals surface area contributed by atoms with Crippen LogP contribution in [0, 0.1) is 0 Å². The molecule has 1 atom stereocenters. The molecule has 1 aromatic heterocycles. The zero-order valence-corrected chi connectivity index (χ0v) is 13.1. The van der Waals surface area contributed by atoms with Crippen LogP contribution in [-0.4, -0.2) is 65.9 Å². The lowest BCUT2D eigenvalue weighted by Gasteiger charge is -2.33. The van der Waals surface area contributed by atoms with Gasteiger partial charge in [0.1, 0.15) is 0 Å². The fourth-order valence-corrected chi connectivity index (χ4v) is 2.43. The maximum absolute atomic E-state index is 12.6. The number of esters is 1. The van der Waals surface area contributed by atoms with E-state index in [1.165, 1.54) is 30.0 Å². The third-order valence-corrected chi connectivity index (χ3v) is 3.81. The van der Waals surface area contributed by atoms with Gasteiger partial charge in [-0.25, -0.2) is 14.8 Å². The Hall–Kier alpha value is -1.38. The minimum atomic E-state index is -0.792. The topological polar surface area (TPSA) is 81.6 Å². The summed E-state index contributed by atoms with van der Waals surface area (Å²) in [6.07, 6.45) is 3.17. The van der Waals surface area contributed by atoms with Gasteiger partial charge in [-0.3, -0.25) is 4.79 Å². The monoisotopic (exact) mass is 331 g/mol. The number of aromatic nitrogens is 2. The van der Waals surface area contributed by atoms with Crippen LogP contribution in [0.5, 0.6) is 0 Å². The summed E-state index contributed by atoms with van der Waals surface area (Å²) >= 11 is 7.30. The summed E-state index contributed by atoms with van der Waals surface area (Å²) < 4.78 is 9.93. The van der Waals surface area contributed by atoms with Gasteiger partial charge in [0.2, 0.25) is 0 Å². The van der Waals surface area contributed by atoms with Crippen molar-refractivity contribution in [3.63, 3.8) is 0 Å². The quantitative estimate of drug-likeness (QED) is 0.461. The second-order valence-electron chi connectivity index (χ2n) is 4.17. The molecule has 9 heteroatoms. The van der Waals surface area contributed by atoms with E-state index in [1.807, 2.05) is 0 Å². The number of rotatable bonds is 3. The Bertz CT molecular complexity index is 557. The van der Waals surface area contributed by atoms with E-state index in [-0.39, 0.29) is 23.9 Å². The molecule has 0 radical (unpaired) electrons. The van der Waals surface area contributed by atoms with Gasteiger partial charge in [-0.15, -0.1) is 0 Å². The second-order valence-corrected chi connectivity index (χ2v) is 5.35. The van der Waals surface area contributed by atoms with Gasteiger partial charge in [-0.1, -0.05) is 23.4 Å². The molecule has 114 valence electrons. The maximum Gasteiger partial charge on any atom is 0.331 e. The predicted molar refractivity (Wildman–Crippen MR) is 76.5 cm³/mol. The number of thioether (sulfide) groups is 1. The van der Waals surface area contributed by atoms with Crippen molar-refractivity contribution in [2.24, 2.45) is 0 Å². The van der Waals surface area contributed by atoms with E-state index in [4.69, 9.17) is 21.1 Å². The van der Waals surface area contributed by atoms with E-state index in [0.29, 0.717) is 11.8 Å². The molecule has 7 nitrogen and oxygen atoms in total. The number of amides is 1. The highest BCUT2D eigenvalue weighted by atomic mass is 35.5. The van der Waals surface area contributed by atoms with Gasteiger partial charge >= 0.3 is 5.97 Å². The summed E-state index contributed by atoms with van der Waals surface area (Å²) in [6, 6.07) is -0.792. The molecule has 1 aliphatic rings. The van der Waals surface area contributed by atoms with Crippen molar-refractivity contribution in [2.75, 3.05) is 33.1 Å². The number of carbonyl (C=O) groups is 2. The van der Waals surface area contributed by atoms with E-state index in [0.717, 1.165) is 0 Å². The molecular weight excluding hydrogens is 318 g/mol. The molecular formula is C12H14ClN3O4S. The molecule has 0 aliphatic carbocycles. The van der Waals surface area contributed by atoms with Crippen LogP contribution in [0.15, 0.2) is 11.4 Å². The molecule has 1 saturated heterocycles. The molecule has 0 saturated carbocycles. The summed E-state index contributed by atoms with van der Waals surface area (Å²) in [7, 11) is 1.27. The molecule has 2 rings (SSSR count). The number of carbonyl (C=O) groups excluding carboxylic acids is 2. The maximum atomic E-state index is 12.6. The number of halogens is 1. The van der Waals surface area contributed by atoms with Crippen LogP contribution >= 0.6 is 23.4 Å². The van der Waals surface area contributed by atoms with E-state index >= 15 is 0 Å². The Morgan fingerprint density at radius 2 is 2.33 bits per heavy atom. The Labute approximate surface area is 131 Å². The van der Waals surface area contributed by atoms with Crippen LogP contribution in [-0.2, 0) is 14.3 Å². The normalized spacial score (nSPS) is 18.4. The Balaban J connectivity index is 2.30. The molecule has 0 aromatic carbocycles. The molecule has 0 spiro atoms. The lowest BCUT2D eigenvalue weighted by atomic mass is 10.2. The van der Waals surface area contributed by atoms with Gasteiger partial charge in [-0.2, -0.15) is 0 Å². The van der Waals surface area contributed by atoms with Crippen molar-refractivity contribution in [2.45, 2.75) is 11.2 Å². The van der Waals surface area contributed by atoms with Crippen LogP contribution in [0.4, 0.5) is 0 Å². The number of nitrogens with zero attached hydrogens (tertiary/aromatic N) is 3. The minimum absolute atomic E-state index is 0.0758. The number of hydrogen-bond acceptors (Lipinski definition) is 7. The summed E-state index contributed by atoms with van der Waals surface area (Å²) in [5, 5.41) is 0.582. The van der Waals surface area contributed by atoms with Crippen LogP contribution in [0.2, 0.25) is 5.02 Å². The minimum Gasteiger partial charge on any atom is -0.467 e. The highest BCUT2D eigenvalue weighted by molar-refractivity contribution is 7.98. The standard InChI is InChI=1S/C12H14ClN3O4S/c1-19-11(18)8-6-20-4-3-16(8)10(17)9-7(13)5-14-12(15-9)21-2/h5,8H,3-4,6H2,1-2H3. The van der Waals surface area contributed by atoms with E-state index in [2.05, 4.69) is 9.97 Å². The summed E-state index contributed by atoms with van der Waals surface area (Å²) in [5.74, 6) is -0.963. The Morgan fingerprint density at radius 3 is 3.00 bits per heavy atom. The number of ether oxygens (including phenoxy) is 2. The zero-order chi connectivity index (χ0) is 15.4. The molecule has 1 aromatic rings. The molecule has 1 fully saturated rings. The average Bonchev–Trinajstić information content (AvgIpc) is 2.54. The van der Waals surface area contributed by atoms with E-state index in [9.17, 15) is 9.59 Å². The third-order valence-electron chi connectivity index (χ3n) is 2.97. The SMILES string of the molecule is COC(=O)C1COCCN1C(=O)c1nc(SC)ncc1Cl. The van der Waals surface area contributed by atoms with Crippen molar-refractivity contribution < 1.29 is 19.1 Å². The molecule has 0 N–H and O–H groups in total. The van der Waals surface area contributed by atoms with Crippen molar-refractivity contribution in [1.82, 2.24) is 14.9 Å². The first kappa shape index (κ1) is 16.0. The first-order valence-corrected chi connectivity index (χ1v) is 7.71. The van der Waals surface area contributed by atoms with Crippen LogP contribution in [0.25, 0.3) is 0 Å². The van der Waals surface area contributed by atoms with Crippen LogP contribution < -0.4 is 0 Å². The van der Waals surface area contributed by atoms with Gasteiger partial charge in [0.05, 0.1) is 31.5 Å². The lowest BCUT2D eigenvalue weighted by molar-refractivity contribution is -0.151. The second kappa shape index (κ2) is 7.06. The highest BCUT2D eigenvalue weighted by Crippen LogP contribution is 2.20. The fraction of sp³-hybridized carbons (Fsp3) is 0.500. The Kier molecular flexibility index (Phi) is 5.38. The summed E-state index contributed by atoms with van der Waals surface area (Å²) in [6.45, 7) is 0.710. The largest absolute Gasteiger partial charge is 0.467 e. The van der Waals surface area contributed by atoms with Crippen LogP contribution in [0.1, 0.15) is 10.5 Å². The van der Waals surface area contributed by atoms with Gasteiger partial charge < -0.3 is 14.4 Å². The number of methoxy groups -OCH3 is 1. The molecule has 21 heavy (non-hydrogen) atoms. The van der Waals surface area contributed by atoms with Gasteiger partial charge in [0, 0.05) is 6.54 Å². The lowest BCUT2D eigenvalue weighted by Crippen LogP contribution is -2.53. The van der Waals surface area contributed by atoms with Crippen molar-refractivity contribution in [3.8, 4) is 0 Å². The first-order chi connectivity index (χ1) is 10.1. The van der Waals surface area contributed by atoms with Gasteiger partial charge in [-0.05, 0) is 6.26 Å².